The van der Waals surface area contributed by atoms with Gasteiger partial charge < -0.3 is 11.1 Å². The largest absolute Gasteiger partial charge is 0.399 e. The molecule has 4 heteroatoms. The number of amides is 1. The molecule has 1 aromatic rings. The molecule has 0 aromatic heterocycles. The summed E-state index contributed by atoms with van der Waals surface area (Å²) in [6.45, 7) is 1.98. The topological polar surface area (TPSA) is 55.1 Å². The molecule has 3 N–H and O–H groups in total. The summed E-state index contributed by atoms with van der Waals surface area (Å²) in [4.78, 5) is 11.9. The summed E-state index contributed by atoms with van der Waals surface area (Å²) < 4.78 is 0. The third-order valence-electron chi connectivity index (χ3n) is 3.84. The van der Waals surface area contributed by atoms with E-state index in [-0.39, 0.29) is 5.91 Å². The second kappa shape index (κ2) is 7.58. The fourth-order valence-corrected chi connectivity index (χ4v) is 3.74. The van der Waals surface area contributed by atoms with Crippen LogP contribution in [-0.2, 0) is 4.79 Å². The van der Waals surface area contributed by atoms with Gasteiger partial charge >= 0.3 is 0 Å². The van der Waals surface area contributed by atoms with Gasteiger partial charge in [0.1, 0.15) is 0 Å². The molecular formula is C16H24N2OS. The van der Waals surface area contributed by atoms with Crippen LogP contribution in [0.5, 0.6) is 0 Å². The van der Waals surface area contributed by atoms with Crippen molar-refractivity contribution >= 4 is 29.0 Å². The lowest BCUT2D eigenvalue weighted by atomic mass is 10.1. The number of nitrogens with two attached hydrogens (primary N) is 1. The molecule has 1 aromatic carbocycles. The van der Waals surface area contributed by atoms with Crippen LogP contribution in [-0.4, -0.2) is 17.4 Å². The summed E-state index contributed by atoms with van der Waals surface area (Å²) >= 11 is 1.91. The van der Waals surface area contributed by atoms with E-state index in [1.54, 1.807) is 0 Å². The van der Waals surface area contributed by atoms with Crippen molar-refractivity contribution in [3.63, 3.8) is 0 Å². The smallest absolute Gasteiger partial charge is 0.225 e. The van der Waals surface area contributed by atoms with Gasteiger partial charge in [-0.05, 0) is 49.1 Å². The fourth-order valence-electron chi connectivity index (χ4n) is 2.58. The maximum Gasteiger partial charge on any atom is 0.225 e. The van der Waals surface area contributed by atoms with Gasteiger partial charge in [0.15, 0.2) is 0 Å². The van der Waals surface area contributed by atoms with Gasteiger partial charge in [-0.2, -0.15) is 11.8 Å². The average molecular weight is 292 g/mol. The fraction of sp³-hybridized carbons (Fsp3) is 0.562. The van der Waals surface area contributed by atoms with E-state index in [0.717, 1.165) is 22.9 Å². The molecular weight excluding hydrogens is 268 g/mol. The number of nitrogen functional groups attached to an aromatic ring is 1. The van der Waals surface area contributed by atoms with Gasteiger partial charge in [-0.3, -0.25) is 4.79 Å². The highest BCUT2D eigenvalue weighted by Crippen LogP contribution is 2.28. The van der Waals surface area contributed by atoms with E-state index in [2.05, 4.69) is 5.32 Å². The molecule has 3 nitrogen and oxygen atoms in total. The third kappa shape index (κ3) is 4.75. The Balaban J connectivity index is 1.68. The molecule has 0 bridgehead atoms. The Morgan fingerprint density at radius 2 is 2.15 bits per heavy atom. The maximum absolute atomic E-state index is 11.9. The van der Waals surface area contributed by atoms with Gasteiger partial charge in [0.25, 0.3) is 0 Å². The lowest BCUT2D eigenvalue weighted by Crippen LogP contribution is -2.13. The standard InChI is InChI=1S/C16H24N2OS/c1-12-6-7-14(17)10-15(12)18-16(19)8-9-20-11-13-4-2-3-5-13/h6-7,10,13H,2-5,8-9,11,17H2,1H3,(H,18,19). The van der Waals surface area contributed by atoms with Crippen LogP contribution >= 0.6 is 11.8 Å². The number of thioether (sulfide) groups is 1. The maximum atomic E-state index is 11.9. The Morgan fingerprint density at radius 3 is 2.90 bits per heavy atom. The Hall–Kier alpha value is -1.16. The Labute approximate surface area is 125 Å². The summed E-state index contributed by atoms with van der Waals surface area (Å²) in [5.74, 6) is 3.09. The molecule has 0 unspecified atom stereocenters. The van der Waals surface area contributed by atoms with Crippen LogP contribution in [0.25, 0.3) is 0 Å². The second-order valence-corrected chi connectivity index (χ2v) is 6.75. The van der Waals surface area contributed by atoms with Gasteiger partial charge in [-0.1, -0.05) is 18.9 Å². The normalized spacial score (nSPS) is 15.4. The van der Waals surface area contributed by atoms with Gasteiger partial charge in [0.2, 0.25) is 5.91 Å². The predicted octanol–water partition coefficient (Wildman–Crippen LogP) is 3.83. The number of aryl methyl sites for hydroxylation is 1. The predicted molar refractivity (Wildman–Crippen MR) is 88.1 cm³/mol. The molecule has 0 spiro atoms. The van der Waals surface area contributed by atoms with Crippen molar-refractivity contribution < 1.29 is 4.79 Å². The van der Waals surface area contributed by atoms with E-state index in [4.69, 9.17) is 5.73 Å². The van der Waals surface area contributed by atoms with Crippen molar-refractivity contribution in [2.75, 3.05) is 22.6 Å². The lowest BCUT2D eigenvalue weighted by molar-refractivity contribution is -0.115. The molecule has 1 aliphatic rings. The van der Waals surface area contributed by atoms with E-state index < -0.39 is 0 Å². The van der Waals surface area contributed by atoms with Gasteiger partial charge in [-0.15, -0.1) is 0 Å². The van der Waals surface area contributed by atoms with E-state index in [9.17, 15) is 4.79 Å². The lowest BCUT2D eigenvalue weighted by Gasteiger charge is -2.10. The van der Waals surface area contributed by atoms with Gasteiger partial charge in [-0.25, -0.2) is 0 Å². The number of hydrogen-bond acceptors (Lipinski definition) is 3. The Kier molecular flexibility index (Phi) is 5.77. The van der Waals surface area contributed by atoms with E-state index in [1.807, 2.05) is 36.9 Å². The summed E-state index contributed by atoms with van der Waals surface area (Å²) in [6.07, 6.45) is 6.11. The summed E-state index contributed by atoms with van der Waals surface area (Å²) in [5.41, 5.74) is 8.30. The monoisotopic (exact) mass is 292 g/mol. The summed E-state index contributed by atoms with van der Waals surface area (Å²) in [6, 6.07) is 5.60. The van der Waals surface area contributed by atoms with E-state index in [1.165, 1.54) is 31.4 Å². The molecule has 1 fully saturated rings. The second-order valence-electron chi connectivity index (χ2n) is 5.60. The van der Waals surface area contributed by atoms with Crippen molar-refractivity contribution in [2.24, 2.45) is 5.92 Å². The number of carbonyl (C=O) groups excluding carboxylic acids is 1. The van der Waals surface area contributed by atoms with Crippen LogP contribution in [0.1, 0.15) is 37.7 Å². The molecule has 0 radical (unpaired) electrons. The molecule has 1 saturated carbocycles. The number of benzene rings is 1. The van der Waals surface area contributed by atoms with Crippen LogP contribution in [0.3, 0.4) is 0 Å². The quantitative estimate of drug-likeness (QED) is 0.619. The summed E-state index contributed by atoms with van der Waals surface area (Å²) in [7, 11) is 0. The minimum atomic E-state index is 0.0811. The zero-order valence-corrected chi connectivity index (χ0v) is 13.0. The molecule has 0 heterocycles. The molecule has 0 saturated heterocycles. The van der Waals surface area contributed by atoms with Crippen molar-refractivity contribution in [2.45, 2.75) is 39.0 Å². The minimum Gasteiger partial charge on any atom is -0.399 e. The van der Waals surface area contributed by atoms with Crippen LogP contribution < -0.4 is 11.1 Å². The first kappa shape index (κ1) is 15.2. The highest BCUT2D eigenvalue weighted by molar-refractivity contribution is 7.99. The van der Waals surface area contributed by atoms with E-state index >= 15 is 0 Å². The zero-order chi connectivity index (χ0) is 14.4. The van der Waals surface area contributed by atoms with Crippen molar-refractivity contribution in [3.05, 3.63) is 23.8 Å². The molecule has 0 atom stereocenters. The first-order valence-corrected chi connectivity index (χ1v) is 8.54. The Morgan fingerprint density at radius 1 is 1.40 bits per heavy atom. The number of anilines is 2. The summed E-state index contributed by atoms with van der Waals surface area (Å²) in [5, 5.41) is 2.95. The van der Waals surface area contributed by atoms with Crippen LogP contribution in [0.15, 0.2) is 18.2 Å². The molecule has 1 amide bonds. The third-order valence-corrected chi connectivity index (χ3v) is 5.04. The Bertz CT molecular complexity index is 456. The van der Waals surface area contributed by atoms with Crippen molar-refractivity contribution in [1.29, 1.82) is 0 Å². The first-order valence-electron chi connectivity index (χ1n) is 7.39. The van der Waals surface area contributed by atoms with Crippen molar-refractivity contribution in [1.82, 2.24) is 0 Å². The van der Waals surface area contributed by atoms with Crippen LogP contribution in [0.4, 0.5) is 11.4 Å². The highest BCUT2D eigenvalue weighted by Gasteiger charge is 2.14. The van der Waals surface area contributed by atoms with Crippen LogP contribution in [0, 0.1) is 12.8 Å². The van der Waals surface area contributed by atoms with Gasteiger partial charge in [0.05, 0.1) is 0 Å². The molecule has 1 aliphatic carbocycles. The molecule has 2 rings (SSSR count). The molecule has 110 valence electrons. The number of nitrogens with one attached hydrogen (secondary N) is 1. The highest BCUT2D eigenvalue weighted by atomic mass is 32.2. The van der Waals surface area contributed by atoms with Crippen molar-refractivity contribution in [3.8, 4) is 0 Å². The SMILES string of the molecule is Cc1ccc(N)cc1NC(=O)CCSCC1CCCC1. The minimum absolute atomic E-state index is 0.0811. The number of rotatable bonds is 6. The molecule has 20 heavy (non-hydrogen) atoms. The average Bonchev–Trinajstić information content (AvgIpc) is 2.92. The van der Waals surface area contributed by atoms with E-state index in [0.29, 0.717) is 12.1 Å². The zero-order valence-electron chi connectivity index (χ0n) is 12.2. The number of hydrogen-bond donors (Lipinski definition) is 2. The molecule has 0 aliphatic heterocycles. The van der Waals surface area contributed by atoms with Crippen LogP contribution in [0.2, 0.25) is 0 Å². The first-order chi connectivity index (χ1) is 9.65. The van der Waals surface area contributed by atoms with Gasteiger partial charge in [0, 0.05) is 23.5 Å². The number of carbonyl (C=O) groups is 1.